The van der Waals surface area contributed by atoms with Crippen molar-refractivity contribution in [1.29, 1.82) is 0 Å². The fraction of sp³-hybridized carbons (Fsp3) is 0.105. The predicted molar refractivity (Wildman–Crippen MR) is 98.2 cm³/mol. The molecule has 6 nitrogen and oxygen atoms in total. The number of sulfonamides is 1. The first-order valence-corrected chi connectivity index (χ1v) is 9.56. The fourth-order valence-electron chi connectivity index (χ4n) is 2.43. The molecule has 8 heteroatoms. The van der Waals surface area contributed by atoms with Crippen molar-refractivity contribution in [2.45, 2.75) is 17.9 Å². The van der Waals surface area contributed by atoms with Crippen LogP contribution < -0.4 is 10.0 Å². The van der Waals surface area contributed by atoms with Gasteiger partial charge >= 0.3 is 0 Å². The van der Waals surface area contributed by atoms with E-state index in [1.807, 2.05) is 0 Å². The van der Waals surface area contributed by atoms with E-state index >= 15 is 0 Å². The lowest BCUT2D eigenvalue weighted by Crippen LogP contribution is -2.26. The summed E-state index contributed by atoms with van der Waals surface area (Å²) >= 11 is 0. The molecular weight excluding hydrogens is 371 g/mol. The van der Waals surface area contributed by atoms with Gasteiger partial charge in [0.25, 0.3) is 15.9 Å². The Bertz CT molecular complexity index is 1030. The maximum absolute atomic E-state index is 13.0. The average molecular weight is 388 g/mol. The van der Waals surface area contributed by atoms with Crippen LogP contribution in [0.2, 0.25) is 0 Å². The van der Waals surface area contributed by atoms with Gasteiger partial charge in [-0.15, -0.1) is 0 Å². The second kappa shape index (κ2) is 7.63. The lowest BCUT2D eigenvalue weighted by Gasteiger charge is -2.13. The molecule has 140 valence electrons. The predicted octanol–water partition coefficient (Wildman–Crippen LogP) is 3.71. The molecule has 1 aromatic heterocycles. The zero-order valence-corrected chi connectivity index (χ0v) is 15.2. The average Bonchev–Trinajstić information content (AvgIpc) is 3.18. The number of carbonyl (C=O) groups is 1. The summed E-state index contributed by atoms with van der Waals surface area (Å²) in [5.41, 5.74) is 0.410. The SMILES string of the molecule is C[C@@H](NC(=O)c1cccc(S(=O)(=O)Nc2ccc(F)cc2)c1)c1ccco1. The zero-order valence-electron chi connectivity index (χ0n) is 14.3. The molecule has 0 radical (unpaired) electrons. The third-order valence-corrected chi connectivity index (χ3v) is 5.20. The van der Waals surface area contributed by atoms with Crippen LogP contribution in [-0.4, -0.2) is 14.3 Å². The van der Waals surface area contributed by atoms with E-state index in [-0.39, 0.29) is 22.2 Å². The summed E-state index contributed by atoms with van der Waals surface area (Å²) < 4.78 is 45.6. The Morgan fingerprint density at radius 2 is 1.81 bits per heavy atom. The van der Waals surface area contributed by atoms with Gasteiger partial charge in [0.2, 0.25) is 0 Å². The molecule has 2 aromatic carbocycles. The largest absolute Gasteiger partial charge is 0.467 e. The van der Waals surface area contributed by atoms with Crippen LogP contribution in [-0.2, 0) is 10.0 Å². The van der Waals surface area contributed by atoms with Gasteiger partial charge in [0.15, 0.2) is 0 Å². The second-order valence-corrected chi connectivity index (χ2v) is 7.53. The Morgan fingerprint density at radius 3 is 2.48 bits per heavy atom. The van der Waals surface area contributed by atoms with Crippen LogP contribution >= 0.6 is 0 Å². The van der Waals surface area contributed by atoms with Crippen molar-refractivity contribution in [2.24, 2.45) is 0 Å². The lowest BCUT2D eigenvalue weighted by molar-refractivity contribution is 0.0935. The Kier molecular flexibility index (Phi) is 5.27. The summed E-state index contributed by atoms with van der Waals surface area (Å²) in [6.07, 6.45) is 1.51. The molecule has 3 rings (SSSR count). The molecule has 0 aliphatic heterocycles. The molecule has 2 N–H and O–H groups in total. The zero-order chi connectivity index (χ0) is 19.4. The number of furan rings is 1. The normalized spacial score (nSPS) is 12.4. The lowest BCUT2D eigenvalue weighted by atomic mass is 10.2. The highest BCUT2D eigenvalue weighted by Crippen LogP contribution is 2.19. The van der Waals surface area contributed by atoms with Gasteiger partial charge in [0.1, 0.15) is 11.6 Å². The molecule has 1 atom stereocenters. The summed E-state index contributed by atoms with van der Waals surface area (Å²) in [5.74, 6) is -0.315. The summed E-state index contributed by atoms with van der Waals surface area (Å²) in [6, 6.07) is 13.6. The molecule has 0 aliphatic rings. The summed E-state index contributed by atoms with van der Waals surface area (Å²) in [6.45, 7) is 1.76. The summed E-state index contributed by atoms with van der Waals surface area (Å²) in [5, 5.41) is 2.74. The highest BCUT2D eigenvalue weighted by molar-refractivity contribution is 7.92. The van der Waals surface area contributed by atoms with E-state index in [1.165, 1.54) is 42.7 Å². The maximum atomic E-state index is 13.0. The number of hydrogen-bond acceptors (Lipinski definition) is 4. The number of nitrogens with one attached hydrogen (secondary N) is 2. The van der Waals surface area contributed by atoms with Crippen LogP contribution in [0.3, 0.4) is 0 Å². The van der Waals surface area contributed by atoms with E-state index in [0.29, 0.717) is 5.76 Å². The van der Waals surface area contributed by atoms with Crippen LogP contribution in [0, 0.1) is 5.82 Å². The highest BCUT2D eigenvalue weighted by atomic mass is 32.2. The number of anilines is 1. The minimum Gasteiger partial charge on any atom is -0.467 e. The van der Waals surface area contributed by atoms with Crippen molar-refractivity contribution >= 4 is 21.6 Å². The second-order valence-electron chi connectivity index (χ2n) is 5.85. The van der Waals surface area contributed by atoms with Gasteiger partial charge in [-0.25, -0.2) is 12.8 Å². The number of hydrogen-bond donors (Lipinski definition) is 2. The molecule has 1 heterocycles. The Morgan fingerprint density at radius 1 is 1.07 bits per heavy atom. The molecule has 0 fully saturated rings. The van der Waals surface area contributed by atoms with Crippen molar-refractivity contribution in [1.82, 2.24) is 5.32 Å². The molecule has 0 saturated heterocycles. The monoisotopic (exact) mass is 388 g/mol. The third kappa shape index (κ3) is 4.53. The standard InChI is InChI=1S/C19H17FN2O4S/c1-13(18-6-3-11-26-18)21-19(23)14-4-2-5-17(12-14)27(24,25)22-16-9-7-15(20)8-10-16/h2-13,22H,1H3,(H,21,23)/t13-/m1/s1. The molecule has 1 amide bonds. The molecular formula is C19H17FN2O4S. The Labute approximate surface area is 156 Å². The topological polar surface area (TPSA) is 88.4 Å². The number of rotatable bonds is 6. The first kappa shape index (κ1) is 18.7. The van der Waals surface area contributed by atoms with Crippen LogP contribution in [0.5, 0.6) is 0 Å². The Balaban J connectivity index is 1.77. The minimum atomic E-state index is -3.92. The first-order chi connectivity index (χ1) is 12.8. The molecule has 0 aliphatic carbocycles. The molecule has 0 spiro atoms. The van der Waals surface area contributed by atoms with Gasteiger partial charge in [0, 0.05) is 11.3 Å². The van der Waals surface area contributed by atoms with Crippen molar-refractivity contribution in [3.05, 3.63) is 84.1 Å². The summed E-state index contributed by atoms with van der Waals surface area (Å²) in [7, 11) is -3.92. The van der Waals surface area contributed by atoms with E-state index < -0.39 is 21.7 Å². The van der Waals surface area contributed by atoms with E-state index in [0.717, 1.165) is 12.1 Å². The van der Waals surface area contributed by atoms with Gasteiger partial charge in [-0.05, 0) is 61.5 Å². The highest BCUT2D eigenvalue weighted by Gasteiger charge is 2.18. The van der Waals surface area contributed by atoms with Gasteiger partial charge in [0.05, 0.1) is 17.2 Å². The summed E-state index contributed by atoms with van der Waals surface area (Å²) in [4.78, 5) is 12.3. The molecule has 0 saturated carbocycles. The fourth-order valence-corrected chi connectivity index (χ4v) is 3.53. The van der Waals surface area contributed by atoms with Gasteiger partial charge in [-0.3, -0.25) is 9.52 Å². The van der Waals surface area contributed by atoms with Gasteiger partial charge in [-0.1, -0.05) is 6.07 Å². The van der Waals surface area contributed by atoms with Crippen LogP contribution in [0.4, 0.5) is 10.1 Å². The van der Waals surface area contributed by atoms with E-state index in [9.17, 15) is 17.6 Å². The van der Waals surface area contributed by atoms with Gasteiger partial charge in [-0.2, -0.15) is 0 Å². The van der Waals surface area contributed by atoms with E-state index in [1.54, 1.807) is 19.1 Å². The maximum Gasteiger partial charge on any atom is 0.261 e. The number of carbonyl (C=O) groups excluding carboxylic acids is 1. The number of benzene rings is 2. The number of halogens is 1. The van der Waals surface area contributed by atoms with Crippen LogP contribution in [0.15, 0.2) is 76.2 Å². The van der Waals surface area contributed by atoms with E-state index in [4.69, 9.17) is 4.42 Å². The molecule has 0 unspecified atom stereocenters. The molecule has 0 bridgehead atoms. The van der Waals surface area contributed by atoms with Crippen LogP contribution in [0.1, 0.15) is 29.1 Å². The minimum absolute atomic E-state index is 0.0786. The Hall–Kier alpha value is -3.13. The van der Waals surface area contributed by atoms with Crippen molar-refractivity contribution in [2.75, 3.05) is 4.72 Å². The number of amides is 1. The third-order valence-electron chi connectivity index (χ3n) is 3.82. The van der Waals surface area contributed by atoms with E-state index in [2.05, 4.69) is 10.0 Å². The molecule has 27 heavy (non-hydrogen) atoms. The van der Waals surface area contributed by atoms with Crippen molar-refractivity contribution < 1.29 is 22.0 Å². The van der Waals surface area contributed by atoms with Crippen molar-refractivity contribution in [3.8, 4) is 0 Å². The van der Waals surface area contributed by atoms with Crippen molar-refractivity contribution in [3.63, 3.8) is 0 Å². The quantitative estimate of drug-likeness (QED) is 0.674. The van der Waals surface area contributed by atoms with Crippen LogP contribution in [0.25, 0.3) is 0 Å². The molecule has 3 aromatic rings. The van der Waals surface area contributed by atoms with Gasteiger partial charge < -0.3 is 9.73 Å². The first-order valence-electron chi connectivity index (χ1n) is 8.08. The smallest absolute Gasteiger partial charge is 0.261 e.